The number of rotatable bonds is 46. The smallest absolute Gasteiger partial charge is 0.326 e. The number of aliphatic carboxylic acids is 3. The average molecular weight is 918 g/mol. The summed E-state index contributed by atoms with van der Waals surface area (Å²) in [4.78, 5) is 93.4. The first-order chi connectivity index (χ1) is 30.8. The molecule has 0 spiro atoms. The zero-order valence-electron chi connectivity index (χ0n) is 38.2. The Morgan fingerprint density at radius 1 is 0.391 bits per heavy atom. The van der Waals surface area contributed by atoms with Crippen LogP contribution in [0.5, 0.6) is 0 Å². The predicted octanol–water partition coefficient (Wildman–Crippen LogP) is 3.23. The average Bonchev–Trinajstić information content (AvgIpc) is 3.25. The number of carbonyl (C=O) groups is 8. The maximum absolute atomic E-state index is 12.3. The first-order valence-corrected chi connectivity index (χ1v) is 23.2. The summed E-state index contributed by atoms with van der Waals surface area (Å²) in [5, 5.41) is 40.4. The van der Waals surface area contributed by atoms with Crippen LogP contribution in [0.2, 0.25) is 0 Å². The lowest BCUT2D eigenvalue weighted by atomic mass is 10.0. The molecule has 2 atom stereocenters. The van der Waals surface area contributed by atoms with Gasteiger partial charge in [-0.25, -0.2) is 9.59 Å². The molecule has 0 aromatic rings. The van der Waals surface area contributed by atoms with E-state index in [4.69, 9.17) is 24.1 Å². The number of hydrogen-bond acceptors (Lipinski definition) is 12. The van der Waals surface area contributed by atoms with E-state index in [2.05, 4.69) is 26.6 Å². The van der Waals surface area contributed by atoms with Crippen molar-refractivity contribution in [3.8, 4) is 0 Å². The predicted molar refractivity (Wildman–Crippen MR) is 236 cm³/mol. The van der Waals surface area contributed by atoms with Gasteiger partial charge in [-0.1, -0.05) is 84.0 Å². The van der Waals surface area contributed by atoms with Gasteiger partial charge in [-0.15, -0.1) is 0 Å². The first-order valence-electron chi connectivity index (χ1n) is 23.2. The largest absolute Gasteiger partial charge is 0.481 e. The Balaban J connectivity index is 3.74. The van der Waals surface area contributed by atoms with Crippen LogP contribution >= 0.6 is 0 Å². The van der Waals surface area contributed by atoms with Crippen molar-refractivity contribution < 1.29 is 72.6 Å². The molecule has 0 saturated carbocycles. The molecule has 0 unspecified atom stereocenters. The molecule has 0 aliphatic heterocycles. The van der Waals surface area contributed by atoms with Crippen molar-refractivity contribution in [2.75, 3.05) is 72.5 Å². The van der Waals surface area contributed by atoms with E-state index in [1.165, 1.54) is 38.5 Å². The van der Waals surface area contributed by atoms with Gasteiger partial charge in [0, 0.05) is 45.3 Å². The van der Waals surface area contributed by atoms with Crippen LogP contribution in [0.3, 0.4) is 0 Å². The van der Waals surface area contributed by atoms with Crippen LogP contribution in [0.4, 0.5) is 0 Å². The van der Waals surface area contributed by atoms with Crippen molar-refractivity contribution in [2.45, 2.75) is 160 Å². The van der Waals surface area contributed by atoms with Crippen LogP contribution in [0.1, 0.15) is 148 Å². The fraction of sp³-hybridized carbons (Fsp3) is 0.818. The molecule has 0 radical (unpaired) electrons. The highest BCUT2D eigenvalue weighted by Crippen LogP contribution is 2.14. The second kappa shape index (κ2) is 42.5. The summed E-state index contributed by atoms with van der Waals surface area (Å²) in [6.07, 6.45) is 17.0. The Bertz CT molecular complexity index is 1310. The highest BCUT2D eigenvalue weighted by Gasteiger charge is 2.21. The van der Waals surface area contributed by atoms with Crippen molar-refractivity contribution in [1.82, 2.24) is 26.6 Å². The molecule has 5 amide bonds. The Kier molecular flexibility index (Phi) is 39.6. The topological polar surface area (TPSA) is 294 Å². The Morgan fingerprint density at radius 3 is 1.31 bits per heavy atom. The van der Waals surface area contributed by atoms with Crippen LogP contribution in [0.25, 0.3) is 0 Å². The number of ether oxygens (including phenoxy) is 4. The minimum absolute atomic E-state index is 0.0409. The Labute approximate surface area is 378 Å². The van der Waals surface area contributed by atoms with Crippen LogP contribution in [0.15, 0.2) is 0 Å². The lowest BCUT2D eigenvalue weighted by molar-refractivity contribution is -0.143. The van der Waals surface area contributed by atoms with Gasteiger partial charge >= 0.3 is 17.9 Å². The van der Waals surface area contributed by atoms with E-state index in [0.29, 0.717) is 32.2 Å². The van der Waals surface area contributed by atoms with Gasteiger partial charge in [0.2, 0.25) is 29.5 Å². The van der Waals surface area contributed by atoms with E-state index >= 15 is 0 Å². The third kappa shape index (κ3) is 40.4. The highest BCUT2D eigenvalue weighted by molar-refractivity contribution is 5.85. The summed E-state index contributed by atoms with van der Waals surface area (Å²) in [5.41, 5.74) is 0. The molecule has 0 aromatic heterocycles. The van der Waals surface area contributed by atoms with Crippen molar-refractivity contribution in [2.24, 2.45) is 0 Å². The fourth-order valence-corrected chi connectivity index (χ4v) is 6.24. The van der Waals surface area contributed by atoms with E-state index in [1.54, 1.807) is 6.92 Å². The molecular weight excluding hydrogens is 839 g/mol. The van der Waals surface area contributed by atoms with Crippen molar-refractivity contribution >= 4 is 47.4 Å². The van der Waals surface area contributed by atoms with Gasteiger partial charge in [-0.05, 0) is 38.5 Å². The van der Waals surface area contributed by atoms with E-state index in [-0.39, 0.29) is 122 Å². The minimum atomic E-state index is -1.20. The number of hydrogen-bond donors (Lipinski definition) is 8. The molecule has 0 heterocycles. The first kappa shape index (κ1) is 59.6. The summed E-state index contributed by atoms with van der Waals surface area (Å²) >= 11 is 0. The highest BCUT2D eigenvalue weighted by atomic mass is 16.5. The SMILES string of the molecule is CCC(=O)NCCCC[C@H](NC(=O)COCCOCCNC(=O)COCCOCCNC(=O)CC[C@H](NC(=O)CCCCCCCCCCCCCCCCC(=O)O)C(=O)O)C(=O)O. The number of unbranched alkanes of at least 4 members (excludes halogenated alkanes) is 14. The molecule has 0 fully saturated rings. The minimum Gasteiger partial charge on any atom is -0.481 e. The van der Waals surface area contributed by atoms with Gasteiger partial charge in [0.1, 0.15) is 25.3 Å². The molecule has 0 rings (SSSR count). The maximum atomic E-state index is 12.3. The number of amides is 5. The standard InChI is InChI=1S/C44H79N5O15/c1-2-37(50)45-24-18-17-19-35(43(57)58)49-41(54)34-64-32-30-62-28-26-47-40(53)33-63-31-29-61-27-25-46-38(51)23-22-36(44(59)60)48-39(52)20-15-13-11-9-7-5-3-4-6-8-10-12-14-16-21-42(55)56/h35-36H,2-34H2,1H3,(H,45,50)(H,46,51)(H,47,53)(H,48,52)(H,49,54)(H,55,56)(H,57,58)(H,59,60)/t35-,36-/m0/s1. The normalized spacial score (nSPS) is 11.9. The van der Waals surface area contributed by atoms with E-state index in [9.17, 15) is 48.6 Å². The molecule has 0 saturated heterocycles. The van der Waals surface area contributed by atoms with Gasteiger partial charge in [0.15, 0.2) is 0 Å². The van der Waals surface area contributed by atoms with E-state index in [0.717, 1.165) is 44.9 Å². The maximum Gasteiger partial charge on any atom is 0.326 e. The van der Waals surface area contributed by atoms with E-state index in [1.807, 2.05) is 0 Å². The molecule has 0 aliphatic rings. The second-order valence-electron chi connectivity index (χ2n) is 15.5. The zero-order chi connectivity index (χ0) is 47.5. The van der Waals surface area contributed by atoms with Crippen LogP contribution < -0.4 is 26.6 Å². The van der Waals surface area contributed by atoms with Gasteiger partial charge in [0.25, 0.3) is 0 Å². The zero-order valence-corrected chi connectivity index (χ0v) is 38.2. The Morgan fingerprint density at radius 2 is 0.812 bits per heavy atom. The molecular formula is C44H79N5O15. The monoisotopic (exact) mass is 918 g/mol. The summed E-state index contributed by atoms with van der Waals surface area (Å²) < 4.78 is 21.2. The number of nitrogens with one attached hydrogen (secondary N) is 5. The van der Waals surface area contributed by atoms with Crippen LogP contribution in [-0.4, -0.2) is 147 Å². The number of carbonyl (C=O) groups excluding carboxylic acids is 5. The van der Waals surface area contributed by atoms with Crippen molar-refractivity contribution in [3.63, 3.8) is 0 Å². The lowest BCUT2D eigenvalue weighted by Gasteiger charge is -2.14. The summed E-state index contributed by atoms with van der Waals surface area (Å²) in [6.45, 7) is 2.96. The van der Waals surface area contributed by atoms with Gasteiger partial charge in [-0.3, -0.25) is 28.8 Å². The van der Waals surface area contributed by atoms with Gasteiger partial charge in [0.05, 0.1) is 39.6 Å². The molecule has 0 bridgehead atoms. The van der Waals surface area contributed by atoms with E-state index < -0.39 is 35.9 Å². The molecule has 0 aliphatic carbocycles. The third-order valence-corrected chi connectivity index (χ3v) is 9.88. The van der Waals surface area contributed by atoms with Crippen molar-refractivity contribution in [1.29, 1.82) is 0 Å². The molecule has 370 valence electrons. The van der Waals surface area contributed by atoms with Crippen LogP contribution in [-0.2, 0) is 57.3 Å². The summed E-state index contributed by atoms with van der Waals surface area (Å²) in [7, 11) is 0. The van der Waals surface area contributed by atoms with Gasteiger partial charge in [-0.2, -0.15) is 0 Å². The Hall–Kier alpha value is -4.40. The molecule has 20 nitrogen and oxygen atoms in total. The van der Waals surface area contributed by atoms with Gasteiger partial charge < -0.3 is 60.9 Å². The number of carboxylic acid groups (broad SMARTS) is 3. The fourth-order valence-electron chi connectivity index (χ4n) is 6.24. The molecule has 8 N–H and O–H groups in total. The third-order valence-electron chi connectivity index (χ3n) is 9.88. The molecule has 0 aromatic carbocycles. The molecule has 64 heavy (non-hydrogen) atoms. The number of carboxylic acids is 3. The second-order valence-corrected chi connectivity index (χ2v) is 15.5. The summed E-state index contributed by atoms with van der Waals surface area (Å²) in [5.74, 6) is -4.79. The molecule has 20 heteroatoms. The van der Waals surface area contributed by atoms with Crippen molar-refractivity contribution in [3.05, 3.63) is 0 Å². The quantitative estimate of drug-likeness (QED) is 0.0407. The lowest BCUT2D eigenvalue weighted by Crippen LogP contribution is -2.42. The summed E-state index contributed by atoms with van der Waals surface area (Å²) in [6, 6.07) is -2.21. The van der Waals surface area contributed by atoms with Crippen LogP contribution in [0, 0.1) is 0 Å².